The van der Waals surface area contributed by atoms with Gasteiger partial charge in [0, 0.05) is 55.7 Å². The second kappa shape index (κ2) is 16.6. The molecule has 50 heavy (non-hydrogen) atoms. The molecule has 2 aliphatic rings. The first-order chi connectivity index (χ1) is 24.3. The second-order valence-corrected chi connectivity index (χ2v) is 13.3. The SMILES string of the molecule is CN(C1CCOCC1)[C@@H]1CC(=O)N[C@@H](Cc2c[nH]c3ccccc23)C(=O)N[C@@H](Cc2ccccc2)C(=O)N[C@H](Cc2ccccc2)CNC1=O. The molecular weight excluding hydrogens is 632 g/mol. The number of rotatable bonds is 8. The topological polar surface area (TPSA) is 145 Å². The van der Waals surface area contributed by atoms with Crippen LogP contribution in [0.5, 0.6) is 0 Å². The van der Waals surface area contributed by atoms with E-state index in [1.54, 1.807) is 0 Å². The third-order valence-electron chi connectivity index (χ3n) is 9.80. The van der Waals surface area contributed by atoms with E-state index in [0.29, 0.717) is 19.6 Å². The van der Waals surface area contributed by atoms with Crippen LogP contribution in [0, 0.1) is 0 Å². The maximum absolute atomic E-state index is 14.2. The number of carbonyl (C=O) groups is 4. The van der Waals surface area contributed by atoms with Crippen molar-refractivity contribution in [1.82, 2.24) is 31.2 Å². The van der Waals surface area contributed by atoms with E-state index in [2.05, 4.69) is 26.3 Å². The first-order valence-corrected chi connectivity index (χ1v) is 17.4. The molecule has 2 fully saturated rings. The molecule has 3 heterocycles. The van der Waals surface area contributed by atoms with Crippen LogP contribution in [0.25, 0.3) is 10.9 Å². The van der Waals surface area contributed by atoms with E-state index in [1.807, 2.05) is 103 Å². The second-order valence-electron chi connectivity index (χ2n) is 13.3. The zero-order valence-corrected chi connectivity index (χ0v) is 28.4. The smallest absolute Gasteiger partial charge is 0.243 e. The molecule has 11 nitrogen and oxygen atoms in total. The fraction of sp³-hybridized carbons (Fsp3) is 0.385. The average molecular weight is 679 g/mol. The van der Waals surface area contributed by atoms with Crippen molar-refractivity contribution < 1.29 is 23.9 Å². The van der Waals surface area contributed by atoms with E-state index in [1.165, 1.54) is 0 Å². The van der Waals surface area contributed by atoms with Gasteiger partial charge in [0.05, 0.1) is 18.5 Å². The summed E-state index contributed by atoms with van der Waals surface area (Å²) in [6, 6.07) is 23.8. The first-order valence-electron chi connectivity index (χ1n) is 17.4. The molecule has 2 saturated heterocycles. The van der Waals surface area contributed by atoms with Crippen LogP contribution in [0.4, 0.5) is 0 Å². The van der Waals surface area contributed by atoms with Crippen LogP contribution in [-0.4, -0.2) is 90.5 Å². The average Bonchev–Trinajstić information content (AvgIpc) is 3.55. The Morgan fingerprint density at radius 3 is 2.04 bits per heavy atom. The lowest BCUT2D eigenvalue weighted by Gasteiger charge is -2.36. The molecule has 4 amide bonds. The van der Waals surface area contributed by atoms with Crippen LogP contribution < -0.4 is 21.3 Å². The molecule has 6 rings (SSSR count). The number of aromatic amines is 1. The molecule has 2 aliphatic heterocycles. The number of likely N-dealkylation sites (N-methyl/N-ethyl adjacent to an activating group) is 1. The van der Waals surface area contributed by atoms with Crippen molar-refractivity contribution in [3.63, 3.8) is 0 Å². The summed E-state index contributed by atoms with van der Waals surface area (Å²) in [5.74, 6) is -1.58. The molecular formula is C39H46N6O5. The molecule has 0 saturated carbocycles. The standard InChI is InChI=1S/C39H46N6O5/c1-45(30-16-18-50-19-17-30)35-23-36(46)43-34(22-28-24-40-32-15-9-8-14-31(28)32)38(48)44-33(21-27-12-6-3-7-13-27)37(47)42-29(25-41-39(35)49)20-26-10-4-2-5-11-26/h2-15,24,29-30,33-35,40H,16-23,25H2,1H3,(H,41,49)(H,42,47)(H,43,46)(H,44,48)/t29-,33+,34+,35-/m1/s1. The van der Waals surface area contributed by atoms with E-state index >= 15 is 0 Å². The minimum atomic E-state index is -1.01. The Labute approximate surface area is 292 Å². The zero-order valence-electron chi connectivity index (χ0n) is 28.4. The van der Waals surface area contributed by atoms with E-state index in [4.69, 9.17) is 4.74 Å². The number of para-hydroxylation sites is 1. The van der Waals surface area contributed by atoms with Gasteiger partial charge in [-0.05, 0) is 49.1 Å². The minimum Gasteiger partial charge on any atom is -0.381 e. The number of fused-ring (bicyclic) bond motifs is 1. The Bertz CT molecular complexity index is 1760. The number of benzene rings is 3. The van der Waals surface area contributed by atoms with E-state index < -0.39 is 36.0 Å². The fourth-order valence-electron chi connectivity index (χ4n) is 6.97. The highest BCUT2D eigenvalue weighted by molar-refractivity contribution is 5.95. The van der Waals surface area contributed by atoms with E-state index in [-0.39, 0.29) is 43.7 Å². The number of H-pyrrole nitrogens is 1. The van der Waals surface area contributed by atoms with Crippen molar-refractivity contribution in [3.05, 3.63) is 108 Å². The number of aromatic nitrogens is 1. The largest absolute Gasteiger partial charge is 0.381 e. The highest BCUT2D eigenvalue weighted by Crippen LogP contribution is 2.21. The monoisotopic (exact) mass is 678 g/mol. The predicted octanol–water partition coefficient (Wildman–Crippen LogP) is 2.65. The highest BCUT2D eigenvalue weighted by atomic mass is 16.5. The number of ether oxygens (including phenoxy) is 1. The molecule has 0 unspecified atom stereocenters. The number of hydrogen-bond acceptors (Lipinski definition) is 6. The summed E-state index contributed by atoms with van der Waals surface area (Å²) in [7, 11) is 1.87. The van der Waals surface area contributed by atoms with Gasteiger partial charge in [-0.3, -0.25) is 24.1 Å². The van der Waals surface area contributed by atoms with Crippen LogP contribution in [-0.2, 0) is 43.2 Å². The van der Waals surface area contributed by atoms with Crippen LogP contribution in [0.2, 0.25) is 0 Å². The molecule has 262 valence electrons. The lowest BCUT2D eigenvalue weighted by molar-refractivity contribution is -0.135. The summed E-state index contributed by atoms with van der Waals surface area (Å²) in [5.41, 5.74) is 3.63. The van der Waals surface area contributed by atoms with Crippen molar-refractivity contribution in [2.24, 2.45) is 0 Å². The maximum atomic E-state index is 14.2. The van der Waals surface area contributed by atoms with Gasteiger partial charge in [0.2, 0.25) is 23.6 Å². The van der Waals surface area contributed by atoms with Crippen LogP contribution in [0.3, 0.4) is 0 Å². The van der Waals surface area contributed by atoms with Crippen LogP contribution in [0.15, 0.2) is 91.1 Å². The van der Waals surface area contributed by atoms with E-state index in [0.717, 1.165) is 40.4 Å². The summed E-state index contributed by atoms with van der Waals surface area (Å²) in [6.45, 7) is 1.31. The molecule has 11 heteroatoms. The zero-order chi connectivity index (χ0) is 34.9. The lowest BCUT2D eigenvalue weighted by Crippen LogP contribution is -2.60. The lowest BCUT2D eigenvalue weighted by atomic mass is 9.99. The summed E-state index contributed by atoms with van der Waals surface area (Å²) in [4.78, 5) is 61.4. The van der Waals surface area contributed by atoms with Gasteiger partial charge in [-0.25, -0.2) is 0 Å². The van der Waals surface area contributed by atoms with Gasteiger partial charge >= 0.3 is 0 Å². The van der Waals surface area contributed by atoms with Gasteiger partial charge in [-0.2, -0.15) is 0 Å². The van der Waals surface area contributed by atoms with Crippen molar-refractivity contribution in [2.75, 3.05) is 26.8 Å². The number of nitrogens with one attached hydrogen (secondary N) is 5. The number of nitrogens with zero attached hydrogens (tertiary/aromatic N) is 1. The molecule has 4 aromatic rings. The van der Waals surface area contributed by atoms with Crippen molar-refractivity contribution in [1.29, 1.82) is 0 Å². The van der Waals surface area contributed by atoms with Crippen molar-refractivity contribution >= 4 is 34.5 Å². The molecule has 3 aromatic carbocycles. The molecule has 0 spiro atoms. The minimum absolute atomic E-state index is 0.0510. The molecule has 0 aliphatic carbocycles. The Morgan fingerprint density at radius 1 is 0.700 bits per heavy atom. The first kappa shape index (κ1) is 34.8. The quantitative estimate of drug-likeness (QED) is 0.194. The highest BCUT2D eigenvalue weighted by Gasteiger charge is 2.35. The van der Waals surface area contributed by atoms with Crippen molar-refractivity contribution in [2.45, 2.75) is 68.7 Å². The van der Waals surface area contributed by atoms with Crippen molar-refractivity contribution in [3.8, 4) is 0 Å². The summed E-state index contributed by atoms with van der Waals surface area (Å²) in [5, 5.41) is 13.1. The molecule has 1 aromatic heterocycles. The third kappa shape index (κ3) is 8.96. The van der Waals surface area contributed by atoms with Gasteiger partial charge in [0.25, 0.3) is 0 Å². The van der Waals surface area contributed by atoms with Crippen LogP contribution in [0.1, 0.15) is 36.0 Å². The van der Waals surface area contributed by atoms with Gasteiger partial charge in [0.15, 0.2) is 0 Å². The maximum Gasteiger partial charge on any atom is 0.243 e. The number of carbonyl (C=O) groups excluding carboxylic acids is 4. The molecule has 0 radical (unpaired) electrons. The van der Waals surface area contributed by atoms with Gasteiger partial charge < -0.3 is 31.0 Å². The third-order valence-corrected chi connectivity index (χ3v) is 9.80. The van der Waals surface area contributed by atoms with Gasteiger partial charge in [-0.15, -0.1) is 0 Å². The summed E-state index contributed by atoms with van der Waals surface area (Å²) >= 11 is 0. The van der Waals surface area contributed by atoms with Crippen LogP contribution >= 0.6 is 0 Å². The normalized spacial score (nSPS) is 23.1. The Kier molecular flexibility index (Phi) is 11.6. The predicted molar refractivity (Wildman–Crippen MR) is 191 cm³/mol. The van der Waals surface area contributed by atoms with E-state index in [9.17, 15) is 19.2 Å². The summed E-state index contributed by atoms with van der Waals surface area (Å²) in [6.07, 6.45) is 4.07. The number of amides is 4. The Hall–Kier alpha value is -5.00. The summed E-state index contributed by atoms with van der Waals surface area (Å²) < 4.78 is 5.56. The van der Waals surface area contributed by atoms with Gasteiger partial charge in [-0.1, -0.05) is 78.9 Å². The molecule has 0 bridgehead atoms. The fourth-order valence-corrected chi connectivity index (χ4v) is 6.97. The van der Waals surface area contributed by atoms with Gasteiger partial charge in [0.1, 0.15) is 12.1 Å². The number of hydrogen-bond donors (Lipinski definition) is 5. The molecule has 5 N–H and O–H groups in total. The molecule has 4 atom stereocenters. The Morgan fingerprint density at radius 2 is 1.32 bits per heavy atom. The Balaban J connectivity index is 1.33.